The Labute approximate surface area is 134 Å². The molecule has 2 aliphatic rings. The van der Waals surface area contributed by atoms with Gasteiger partial charge in [0.2, 0.25) is 0 Å². The number of hydrogen-bond donors (Lipinski definition) is 1. The number of non-ortho nitro benzene ring substituents is 1. The second-order valence-electron chi connectivity index (χ2n) is 5.90. The highest BCUT2D eigenvalue weighted by Crippen LogP contribution is 2.31. The van der Waals surface area contributed by atoms with Gasteiger partial charge in [0.25, 0.3) is 11.6 Å². The summed E-state index contributed by atoms with van der Waals surface area (Å²) in [5, 5.41) is 13.5. The molecule has 0 radical (unpaired) electrons. The molecule has 3 rings (SSSR count). The van der Waals surface area contributed by atoms with E-state index in [0.717, 1.165) is 13.1 Å². The Hall–Kier alpha value is -2.19. The van der Waals surface area contributed by atoms with Crippen molar-refractivity contribution in [2.75, 3.05) is 45.2 Å². The number of amides is 1. The van der Waals surface area contributed by atoms with Crippen molar-refractivity contribution in [3.63, 3.8) is 0 Å². The van der Waals surface area contributed by atoms with Crippen LogP contribution in [0.3, 0.4) is 0 Å². The number of nitrogens with zero attached hydrogens (tertiary/aromatic N) is 3. The molecule has 2 heterocycles. The third-order valence-electron chi connectivity index (χ3n) is 4.58. The summed E-state index contributed by atoms with van der Waals surface area (Å²) in [5.74, 6) is -0.326. The molecule has 124 valence electrons. The lowest BCUT2D eigenvalue weighted by Gasteiger charge is -2.33. The molecule has 0 bridgehead atoms. The average molecular weight is 320 g/mol. The average Bonchev–Trinajstić information content (AvgIpc) is 2.99. The minimum atomic E-state index is -0.489. The van der Waals surface area contributed by atoms with E-state index in [1.165, 1.54) is 19.2 Å². The van der Waals surface area contributed by atoms with Crippen molar-refractivity contribution in [1.82, 2.24) is 10.2 Å². The summed E-state index contributed by atoms with van der Waals surface area (Å²) in [5.41, 5.74) is 0.946. The van der Waals surface area contributed by atoms with Gasteiger partial charge in [-0.3, -0.25) is 19.8 Å². The zero-order valence-electron chi connectivity index (χ0n) is 13.2. The maximum Gasteiger partial charge on any atom is 0.270 e. The fraction of sp³-hybridized carbons (Fsp3) is 0.533. The van der Waals surface area contributed by atoms with Gasteiger partial charge in [-0.25, -0.2) is 0 Å². The molecule has 2 unspecified atom stereocenters. The first kappa shape index (κ1) is 15.7. The zero-order valence-corrected chi connectivity index (χ0v) is 13.2. The smallest absolute Gasteiger partial charge is 0.270 e. The molecular formula is C15H20N4O4. The van der Waals surface area contributed by atoms with E-state index < -0.39 is 4.92 Å². The Bertz CT molecular complexity index is 636. The second kappa shape index (κ2) is 6.13. The van der Waals surface area contributed by atoms with Crippen LogP contribution in [0.5, 0.6) is 0 Å². The van der Waals surface area contributed by atoms with Crippen LogP contribution in [0.15, 0.2) is 18.2 Å². The standard InChI is InChI=1S/C15H20N4O4/c1-16-15(20)11-7-10(19(21)22)3-4-12(11)18-8-13-14(9-18)23-6-5-17(13)2/h3-4,7,13-14H,5-6,8-9H2,1-2H3,(H,16,20). The number of rotatable bonds is 3. The molecule has 2 atom stereocenters. The lowest BCUT2D eigenvalue weighted by Crippen LogP contribution is -2.48. The van der Waals surface area contributed by atoms with Crippen molar-refractivity contribution >= 4 is 17.3 Å². The van der Waals surface area contributed by atoms with Crippen LogP contribution in [0.4, 0.5) is 11.4 Å². The molecule has 0 saturated carbocycles. The van der Waals surface area contributed by atoms with Gasteiger partial charge in [0, 0.05) is 38.8 Å². The molecule has 8 heteroatoms. The van der Waals surface area contributed by atoms with Crippen LogP contribution in [-0.2, 0) is 4.74 Å². The van der Waals surface area contributed by atoms with Crippen LogP contribution < -0.4 is 10.2 Å². The Morgan fingerprint density at radius 1 is 1.43 bits per heavy atom. The summed E-state index contributed by atoms with van der Waals surface area (Å²) in [4.78, 5) is 27.0. The van der Waals surface area contributed by atoms with Gasteiger partial charge in [0.15, 0.2) is 0 Å². The van der Waals surface area contributed by atoms with E-state index in [-0.39, 0.29) is 23.7 Å². The zero-order chi connectivity index (χ0) is 16.6. The number of likely N-dealkylation sites (N-methyl/N-ethyl adjacent to an activating group) is 1. The molecule has 2 fully saturated rings. The fourth-order valence-corrected chi connectivity index (χ4v) is 3.28. The summed E-state index contributed by atoms with van der Waals surface area (Å²) >= 11 is 0. The predicted molar refractivity (Wildman–Crippen MR) is 84.9 cm³/mol. The Balaban J connectivity index is 1.93. The largest absolute Gasteiger partial charge is 0.373 e. The summed E-state index contributed by atoms with van der Waals surface area (Å²) in [7, 11) is 3.59. The van der Waals surface area contributed by atoms with Crippen LogP contribution in [0.1, 0.15) is 10.4 Å². The van der Waals surface area contributed by atoms with Crippen molar-refractivity contribution < 1.29 is 14.5 Å². The van der Waals surface area contributed by atoms with E-state index in [1.54, 1.807) is 6.07 Å². The summed E-state index contributed by atoms with van der Waals surface area (Å²) in [6.07, 6.45) is 0.0986. The highest BCUT2D eigenvalue weighted by atomic mass is 16.6. The molecule has 8 nitrogen and oxygen atoms in total. The Morgan fingerprint density at radius 2 is 2.22 bits per heavy atom. The van der Waals surface area contributed by atoms with E-state index in [9.17, 15) is 14.9 Å². The van der Waals surface area contributed by atoms with Gasteiger partial charge in [-0.15, -0.1) is 0 Å². The number of morpholine rings is 1. The third-order valence-corrected chi connectivity index (χ3v) is 4.58. The summed E-state index contributed by atoms with van der Waals surface area (Å²) < 4.78 is 5.82. The van der Waals surface area contributed by atoms with E-state index in [2.05, 4.69) is 22.2 Å². The quantitative estimate of drug-likeness (QED) is 0.643. The minimum absolute atomic E-state index is 0.0858. The molecule has 0 aromatic heterocycles. The number of fused-ring (bicyclic) bond motifs is 1. The molecule has 2 aliphatic heterocycles. The number of anilines is 1. The maximum absolute atomic E-state index is 12.1. The topological polar surface area (TPSA) is 87.9 Å². The van der Waals surface area contributed by atoms with Crippen LogP contribution in [-0.4, -0.2) is 68.2 Å². The van der Waals surface area contributed by atoms with Gasteiger partial charge in [-0.05, 0) is 13.1 Å². The molecule has 0 aliphatic carbocycles. The van der Waals surface area contributed by atoms with E-state index in [4.69, 9.17) is 4.74 Å². The molecule has 2 saturated heterocycles. The van der Waals surface area contributed by atoms with Gasteiger partial charge in [0.05, 0.1) is 34.9 Å². The van der Waals surface area contributed by atoms with Crippen LogP contribution in [0, 0.1) is 10.1 Å². The first-order valence-electron chi connectivity index (χ1n) is 7.58. The van der Waals surface area contributed by atoms with Crippen molar-refractivity contribution in [3.8, 4) is 0 Å². The van der Waals surface area contributed by atoms with Crippen molar-refractivity contribution in [2.24, 2.45) is 0 Å². The van der Waals surface area contributed by atoms with E-state index in [0.29, 0.717) is 24.4 Å². The van der Waals surface area contributed by atoms with Gasteiger partial charge in [0.1, 0.15) is 0 Å². The van der Waals surface area contributed by atoms with Crippen molar-refractivity contribution in [1.29, 1.82) is 0 Å². The third kappa shape index (κ3) is 2.87. The first-order valence-corrected chi connectivity index (χ1v) is 7.58. The summed E-state index contributed by atoms with van der Waals surface area (Å²) in [6.45, 7) is 3.01. The monoisotopic (exact) mass is 320 g/mol. The molecule has 1 N–H and O–H groups in total. The van der Waals surface area contributed by atoms with Crippen LogP contribution >= 0.6 is 0 Å². The number of carbonyl (C=O) groups is 1. The van der Waals surface area contributed by atoms with Crippen LogP contribution in [0.25, 0.3) is 0 Å². The second-order valence-corrected chi connectivity index (χ2v) is 5.90. The number of nitro benzene ring substituents is 1. The predicted octanol–water partition coefficient (Wildman–Crippen LogP) is 0.474. The summed E-state index contributed by atoms with van der Waals surface area (Å²) in [6, 6.07) is 4.70. The molecule has 1 aromatic carbocycles. The number of carbonyl (C=O) groups excluding carboxylic acids is 1. The van der Waals surface area contributed by atoms with E-state index >= 15 is 0 Å². The van der Waals surface area contributed by atoms with Gasteiger partial charge < -0.3 is 15.0 Å². The number of nitrogens with one attached hydrogen (secondary N) is 1. The van der Waals surface area contributed by atoms with Crippen molar-refractivity contribution in [2.45, 2.75) is 12.1 Å². The number of nitro groups is 1. The van der Waals surface area contributed by atoms with Crippen molar-refractivity contribution in [3.05, 3.63) is 33.9 Å². The fourth-order valence-electron chi connectivity index (χ4n) is 3.28. The first-order chi connectivity index (χ1) is 11.0. The maximum atomic E-state index is 12.1. The van der Waals surface area contributed by atoms with Gasteiger partial charge in [-0.1, -0.05) is 0 Å². The van der Waals surface area contributed by atoms with Gasteiger partial charge >= 0.3 is 0 Å². The SMILES string of the molecule is CNC(=O)c1cc([N+](=O)[O-])ccc1N1CC2OCCN(C)C2C1. The molecule has 1 amide bonds. The number of benzene rings is 1. The highest BCUT2D eigenvalue weighted by Gasteiger charge is 2.39. The molecular weight excluding hydrogens is 300 g/mol. The molecule has 23 heavy (non-hydrogen) atoms. The highest BCUT2D eigenvalue weighted by molar-refractivity contribution is 6.00. The van der Waals surface area contributed by atoms with Gasteiger partial charge in [-0.2, -0.15) is 0 Å². The Kier molecular flexibility index (Phi) is 4.18. The number of hydrogen-bond acceptors (Lipinski definition) is 6. The Morgan fingerprint density at radius 3 is 2.87 bits per heavy atom. The lowest BCUT2D eigenvalue weighted by atomic mass is 10.1. The normalized spacial score (nSPS) is 24.3. The minimum Gasteiger partial charge on any atom is -0.373 e. The van der Waals surface area contributed by atoms with Crippen LogP contribution in [0.2, 0.25) is 0 Å². The number of ether oxygens (including phenoxy) is 1. The van der Waals surface area contributed by atoms with E-state index in [1.807, 2.05) is 0 Å². The molecule has 1 aromatic rings. The lowest BCUT2D eigenvalue weighted by molar-refractivity contribution is -0.384. The molecule has 0 spiro atoms.